The minimum Gasteiger partial charge on any atom is -0.314 e. The molecule has 0 spiro atoms. The van der Waals surface area contributed by atoms with E-state index < -0.39 is 0 Å². The molecule has 58 heavy (non-hydrogen) atoms. The van der Waals surface area contributed by atoms with Crippen molar-refractivity contribution in [2.75, 3.05) is 4.90 Å². The largest absolute Gasteiger partial charge is 0.314 e. The number of hydrogen-bond acceptors (Lipinski definition) is 1. The van der Waals surface area contributed by atoms with Crippen LogP contribution in [-0.4, -0.2) is 0 Å². The van der Waals surface area contributed by atoms with Crippen molar-refractivity contribution in [2.24, 2.45) is 0 Å². The Morgan fingerprint density at radius 2 is 1.07 bits per heavy atom. The van der Waals surface area contributed by atoms with Crippen LogP contribution in [-0.2, 0) is 0 Å². The van der Waals surface area contributed by atoms with E-state index in [-0.39, 0.29) is 0 Å². The Hall–Kier alpha value is -7.22. The van der Waals surface area contributed by atoms with E-state index in [4.69, 9.17) is 0 Å². The fraction of sp³-hybridized carbons (Fsp3) is 0.0526. The van der Waals surface area contributed by atoms with Crippen LogP contribution in [0.15, 0.2) is 230 Å². The van der Waals surface area contributed by atoms with Crippen LogP contribution in [0.2, 0.25) is 0 Å². The summed E-state index contributed by atoms with van der Waals surface area (Å²) in [7, 11) is 0. The quantitative estimate of drug-likeness (QED) is 0.111. The standard InChI is InChI=1S/C57H43N/c1-2-3-5-13-40-22-30-49(31-23-40)58(51-19-12-18-47(37-51)57-39-48(41-14-6-4-7-15-41)36-46-17-9-11-21-53(46)57)50-32-26-42(27-33-50)45-25-24-44-29-34-54-52-20-10-8-16-43(52)28-35-55(54)56(44)38-45/h2-22,24-30,32-39H,23,31H2,1H3/b3-2-,13-5-. The highest BCUT2D eigenvalue weighted by atomic mass is 15.1. The molecule has 1 nitrogen and oxygen atoms in total. The summed E-state index contributed by atoms with van der Waals surface area (Å²) in [6.45, 7) is 2.05. The zero-order valence-corrected chi connectivity index (χ0v) is 32.6. The lowest BCUT2D eigenvalue weighted by Crippen LogP contribution is -2.18. The second-order valence-electron chi connectivity index (χ2n) is 15.2. The molecule has 0 amide bonds. The summed E-state index contributed by atoms with van der Waals surface area (Å²) >= 11 is 0. The van der Waals surface area contributed by atoms with Gasteiger partial charge in [0.1, 0.15) is 0 Å². The molecular weight excluding hydrogens is 699 g/mol. The summed E-state index contributed by atoms with van der Waals surface area (Å²) in [5, 5.41) is 10.2. The lowest BCUT2D eigenvalue weighted by Gasteiger charge is -2.30. The maximum atomic E-state index is 2.46. The molecule has 1 aliphatic carbocycles. The highest BCUT2D eigenvalue weighted by molar-refractivity contribution is 6.17. The van der Waals surface area contributed by atoms with Crippen LogP contribution >= 0.6 is 0 Å². The normalized spacial score (nSPS) is 13.2. The van der Waals surface area contributed by atoms with Crippen LogP contribution < -0.4 is 4.90 Å². The van der Waals surface area contributed by atoms with Crippen molar-refractivity contribution < 1.29 is 0 Å². The summed E-state index contributed by atoms with van der Waals surface area (Å²) < 4.78 is 0. The van der Waals surface area contributed by atoms with Gasteiger partial charge in [-0.1, -0.05) is 170 Å². The minimum atomic E-state index is 0.941. The van der Waals surface area contributed by atoms with E-state index in [1.54, 1.807) is 0 Å². The minimum absolute atomic E-state index is 0.941. The maximum absolute atomic E-state index is 2.46. The van der Waals surface area contributed by atoms with Gasteiger partial charge in [0.2, 0.25) is 0 Å². The Morgan fingerprint density at radius 3 is 1.86 bits per heavy atom. The maximum Gasteiger partial charge on any atom is 0.0464 e. The average molecular weight is 742 g/mol. The van der Waals surface area contributed by atoms with Gasteiger partial charge in [0.25, 0.3) is 0 Å². The van der Waals surface area contributed by atoms with Crippen molar-refractivity contribution in [3.05, 3.63) is 230 Å². The van der Waals surface area contributed by atoms with Crippen LogP contribution in [0.25, 0.3) is 76.5 Å². The van der Waals surface area contributed by atoms with Crippen LogP contribution in [0.1, 0.15) is 19.8 Å². The van der Waals surface area contributed by atoms with E-state index in [0.29, 0.717) is 0 Å². The van der Waals surface area contributed by atoms with E-state index in [1.807, 2.05) is 0 Å². The predicted octanol–water partition coefficient (Wildman–Crippen LogP) is 16.2. The first-order valence-electron chi connectivity index (χ1n) is 20.3. The van der Waals surface area contributed by atoms with Crippen molar-refractivity contribution in [2.45, 2.75) is 19.8 Å². The van der Waals surface area contributed by atoms with Crippen molar-refractivity contribution in [3.63, 3.8) is 0 Å². The first kappa shape index (κ1) is 35.2. The summed E-state index contributed by atoms with van der Waals surface area (Å²) in [6, 6.07) is 67.0. The fourth-order valence-corrected chi connectivity index (χ4v) is 8.70. The second-order valence-corrected chi connectivity index (χ2v) is 15.2. The molecule has 0 aromatic heterocycles. The second kappa shape index (κ2) is 15.4. The van der Waals surface area contributed by atoms with Gasteiger partial charge < -0.3 is 4.90 Å². The molecule has 0 aliphatic heterocycles. The van der Waals surface area contributed by atoms with Gasteiger partial charge in [-0.15, -0.1) is 0 Å². The molecule has 1 heteroatoms. The van der Waals surface area contributed by atoms with E-state index in [0.717, 1.165) is 24.2 Å². The summed E-state index contributed by atoms with van der Waals surface area (Å²) in [6.07, 6.45) is 15.0. The Kier molecular flexibility index (Phi) is 9.33. The molecule has 0 radical (unpaired) electrons. The highest BCUT2D eigenvalue weighted by Crippen LogP contribution is 2.41. The lowest BCUT2D eigenvalue weighted by molar-refractivity contribution is 0.892. The lowest BCUT2D eigenvalue weighted by atomic mass is 9.92. The van der Waals surface area contributed by atoms with Gasteiger partial charge in [-0.2, -0.15) is 0 Å². The van der Waals surface area contributed by atoms with E-state index in [1.165, 1.54) is 87.7 Å². The van der Waals surface area contributed by atoms with E-state index >= 15 is 0 Å². The molecule has 9 aromatic rings. The number of hydrogen-bond donors (Lipinski definition) is 0. The van der Waals surface area contributed by atoms with Crippen LogP contribution in [0.5, 0.6) is 0 Å². The number of benzene rings is 9. The van der Waals surface area contributed by atoms with Crippen molar-refractivity contribution in [3.8, 4) is 33.4 Å². The number of fused-ring (bicyclic) bond motifs is 6. The smallest absolute Gasteiger partial charge is 0.0464 e. The molecule has 1 aliphatic rings. The summed E-state index contributed by atoms with van der Waals surface area (Å²) in [4.78, 5) is 2.46. The third kappa shape index (κ3) is 6.71. The molecule has 0 fully saturated rings. The predicted molar refractivity (Wildman–Crippen MR) is 251 cm³/mol. The third-order valence-corrected chi connectivity index (χ3v) is 11.6. The molecule has 10 rings (SSSR count). The van der Waals surface area contributed by atoms with Crippen molar-refractivity contribution >= 4 is 54.5 Å². The Bertz CT molecular complexity index is 3100. The average Bonchev–Trinajstić information content (AvgIpc) is 3.29. The van der Waals surface area contributed by atoms with E-state index in [2.05, 4.69) is 230 Å². The first-order valence-corrected chi connectivity index (χ1v) is 20.3. The molecular formula is C57H43N. The van der Waals surface area contributed by atoms with Gasteiger partial charge in [0.05, 0.1) is 0 Å². The number of rotatable bonds is 8. The van der Waals surface area contributed by atoms with E-state index in [9.17, 15) is 0 Å². The molecule has 0 bridgehead atoms. The zero-order chi connectivity index (χ0) is 38.8. The van der Waals surface area contributed by atoms with Gasteiger partial charge >= 0.3 is 0 Å². The number of anilines is 2. The Labute approximate surface area is 340 Å². The van der Waals surface area contributed by atoms with Crippen molar-refractivity contribution in [1.82, 2.24) is 0 Å². The first-order chi connectivity index (χ1) is 28.7. The molecule has 0 heterocycles. The topological polar surface area (TPSA) is 3.24 Å². The zero-order valence-electron chi connectivity index (χ0n) is 32.6. The van der Waals surface area contributed by atoms with Gasteiger partial charge in [-0.25, -0.2) is 0 Å². The Balaban J connectivity index is 1.07. The molecule has 0 unspecified atom stereocenters. The number of allylic oxidation sites excluding steroid dienone is 8. The molecule has 9 aromatic carbocycles. The van der Waals surface area contributed by atoms with Crippen LogP contribution in [0.4, 0.5) is 11.4 Å². The molecule has 276 valence electrons. The molecule has 0 saturated heterocycles. The molecule has 0 saturated carbocycles. The van der Waals surface area contributed by atoms with Gasteiger partial charge in [0.15, 0.2) is 0 Å². The van der Waals surface area contributed by atoms with Crippen LogP contribution in [0.3, 0.4) is 0 Å². The van der Waals surface area contributed by atoms with Gasteiger partial charge in [-0.05, 0) is 150 Å². The third-order valence-electron chi connectivity index (χ3n) is 11.6. The fourth-order valence-electron chi connectivity index (χ4n) is 8.70. The summed E-state index contributed by atoms with van der Waals surface area (Å²) in [5.41, 5.74) is 12.2. The van der Waals surface area contributed by atoms with Gasteiger partial charge in [0, 0.05) is 17.1 Å². The molecule has 0 N–H and O–H groups in total. The van der Waals surface area contributed by atoms with Gasteiger partial charge in [-0.3, -0.25) is 0 Å². The van der Waals surface area contributed by atoms with Crippen LogP contribution in [0, 0.1) is 0 Å². The highest BCUT2D eigenvalue weighted by Gasteiger charge is 2.19. The molecule has 0 atom stereocenters. The number of nitrogens with zero attached hydrogens (tertiary/aromatic N) is 1. The summed E-state index contributed by atoms with van der Waals surface area (Å²) in [5.74, 6) is 0. The monoisotopic (exact) mass is 741 g/mol. The SMILES string of the molecule is C/C=C\C=C/C1=CC=C(N(c2ccc(-c3ccc4ccc5c6ccccc6ccc5c4c3)cc2)c2cccc(-c3cc(-c4ccccc4)cc4ccccc34)c2)CC1. The van der Waals surface area contributed by atoms with Crippen molar-refractivity contribution in [1.29, 1.82) is 0 Å². The Morgan fingerprint density at radius 1 is 0.397 bits per heavy atom.